The predicted octanol–water partition coefficient (Wildman–Crippen LogP) is 2.94. The molecule has 0 atom stereocenters. The zero-order chi connectivity index (χ0) is 17.6. The van der Waals surface area contributed by atoms with Gasteiger partial charge in [-0.25, -0.2) is 0 Å². The number of fused-ring (bicyclic) bond motifs is 1. The first-order valence-corrected chi connectivity index (χ1v) is 8.92. The maximum atomic E-state index is 11.8. The minimum absolute atomic E-state index is 0.0257. The molecule has 25 heavy (non-hydrogen) atoms. The number of pyridine rings is 1. The molecule has 1 aromatic carbocycles. The second-order valence-corrected chi connectivity index (χ2v) is 7.05. The first-order valence-electron chi connectivity index (χ1n) is 8.92. The summed E-state index contributed by atoms with van der Waals surface area (Å²) in [4.78, 5) is 11.8. The van der Waals surface area contributed by atoms with Gasteiger partial charge >= 0.3 is 0 Å². The molecule has 4 rings (SSSR count). The van der Waals surface area contributed by atoms with E-state index in [1.54, 1.807) is 10.6 Å². The third-order valence-corrected chi connectivity index (χ3v) is 5.43. The molecule has 1 saturated heterocycles. The Kier molecular flexibility index (Phi) is 3.96. The smallest absolute Gasteiger partial charge is 0.250 e. The van der Waals surface area contributed by atoms with Crippen LogP contribution >= 0.6 is 0 Å². The number of hydrogen-bond acceptors (Lipinski definition) is 3. The van der Waals surface area contributed by atoms with Crippen LogP contribution in [0.15, 0.2) is 35.3 Å². The van der Waals surface area contributed by atoms with Crippen LogP contribution in [0.2, 0.25) is 0 Å². The Labute approximate surface area is 147 Å². The van der Waals surface area contributed by atoms with Gasteiger partial charge in [0.1, 0.15) is 0 Å². The normalized spacial score (nSPS) is 15.8. The van der Waals surface area contributed by atoms with E-state index in [2.05, 4.69) is 35.3 Å². The topological polar surface area (TPSA) is 51.9 Å². The zero-order valence-electron chi connectivity index (χ0n) is 15.0. The third kappa shape index (κ3) is 2.78. The molecule has 0 radical (unpaired) electrons. The van der Waals surface area contributed by atoms with Crippen LogP contribution in [-0.4, -0.2) is 27.4 Å². The van der Waals surface area contributed by atoms with E-state index in [0.717, 1.165) is 48.3 Å². The van der Waals surface area contributed by atoms with Gasteiger partial charge in [0, 0.05) is 36.0 Å². The van der Waals surface area contributed by atoms with Crippen molar-refractivity contribution in [3.05, 3.63) is 52.1 Å². The van der Waals surface area contributed by atoms with Crippen LogP contribution in [0.3, 0.4) is 0 Å². The van der Waals surface area contributed by atoms with E-state index >= 15 is 0 Å². The Morgan fingerprint density at radius 1 is 1.16 bits per heavy atom. The Morgan fingerprint density at radius 3 is 2.68 bits per heavy atom. The minimum Gasteiger partial charge on any atom is -0.317 e. The highest BCUT2D eigenvalue weighted by molar-refractivity contribution is 5.87. The van der Waals surface area contributed by atoms with Gasteiger partial charge in [0.15, 0.2) is 0 Å². The molecule has 130 valence electrons. The van der Waals surface area contributed by atoms with Crippen molar-refractivity contribution in [3.63, 3.8) is 0 Å². The van der Waals surface area contributed by atoms with Crippen LogP contribution in [0.1, 0.15) is 30.1 Å². The number of nitrogens with zero attached hydrogens (tertiary/aromatic N) is 3. The molecule has 0 saturated carbocycles. The summed E-state index contributed by atoms with van der Waals surface area (Å²) in [5, 5.41) is 9.43. The van der Waals surface area contributed by atoms with E-state index in [0.29, 0.717) is 6.04 Å². The molecule has 1 N–H and O–H groups in total. The summed E-state index contributed by atoms with van der Waals surface area (Å²) in [5.74, 6) is 0. The Bertz CT molecular complexity index is 993. The monoisotopic (exact) mass is 336 g/mol. The number of piperidine rings is 1. The molecule has 0 spiro atoms. The molecule has 1 fully saturated rings. The zero-order valence-corrected chi connectivity index (χ0v) is 15.0. The van der Waals surface area contributed by atoms with Crippen LogP contribution in [0.25, 0.3) is 22.0 Å². The number of aromatic nitrogens is 3. The minimum atomic E-state index is 0.0257. The summed E-state index contributed by atoms with van der Waals surface area (Å²) in [6.45, 7) is 6.22. The van der Waals surface area contributed by atoms with Gasteiger partial charge in [-0.2, -0.15) is 5.10 Å². The molecule has 3 aromatic rings. The molecule has 5 nitrogen and oxygen atoms in total. The number of nitrogens with one attached hydrogen (secondary N) is 1. The van der Waals surface area contributed by atoms with Crippen molar-refractivity contribution in [2.45, 2.75) is 32.7 Å². The van der Waals surface area contributed by atoms with E-state index in [4.69, 9.17) is 5.10 Å². The molecule has 3 heterocycles. The fourth-order valence-electron chi connectivity index (χ4n) is 3.78. The van der Waals surface area contributed by atoms with Gasteiger partial charge in [0.25, 0.3) is 0 Å². The van der Waals surface area contributed by atoms with Crippen LogP contribution in [-0.2, 0) is 7.05 Å². The molecule has 2 aromatic heterocycles. The lowest BCUT2D eigenvalue weighted by atomic mass is 10.00. The van der Waals surface area contributed by atoms with E-state index in [1.807, 2.05) is 20.0 Å². The Morgan fingerprint density at radius 2 is 1.92 bits per heavy atom. The van der Waals surface area contributed by atoms with Crippen molar-refractivity contribution in [2.75, 3.05) is 13.1 Å². The number of rotatable bonds is 2. The van der Waals surface area contributed by atoms with Crippen molar-refractivity contribution in [2.24, 2.45) is 7.05 Å². The maximum absolute atomic E-state index is 11.8. The first-order chi connectivity index (χ1) is 12.0. The Balaban J connectivity index is 1.82. The molecule has 0 bridgehead atoms. The van der Waals surface area contributed by atoms with Crippen LogP contribution in [0, 0.1) is 13.8 Å². The fourth-order valence-corrected chi connectivity index (χ4v) is 3.78. The van der Waals surface area contributed by atoms with E-state index in [-0.39, 0.29) is 5.56 Å². The summed E-state index contributed by atoms with van der Waals surface area (Å²) in [6, 6.07) is 8.42. The average molecular weight is 336 g/mol. The van der Waals surface area contributed by atoms with Crippen molar-refractivity contribution >= 4 is 10.9 Å². The highest BCUT2D eigenvalue weighted by Gasteiger charge is 2.17. The van der Waals surface area contributed by atoms with Crippen molar-refractivity contribution in [1.82, 2.24) is 19.7 Å². The number of benzene rings is 1. The predicted molar refractivity (Wildman–Crippen MR) is 101 cm³/mol. The van der Waals surface area contributed by atoms with Gasteiger partial charge in [-0.05, 0) is 69.1 Å². The van der Waals surface area contributed by atoms with Crippen molar-refractivity contribution in [3.8, 4) is 11.1 Å². The summed E-state index contributed by atoms with van der Waals surface area (Å²) < 4.78 is 3.85. The standard InChI is InChI=1S/C20H24N4O/c1-13-10-15(18-4-5-19(25)23(3)14(18)2)11-16-12-24(22-20(13)16)17-6-8-21-9-7-17/h4-5,10-12,17,21H,6-9H2,1-3H3. The SMILES string of the molecule is Cc1cc(-c2ccc(=O)n(C)c2C)cc2cn(C3CCNCC3)nc12. The highest BCUT2D eigenvalue weighted by atomic mass is 16.1. The van der Waals surface area contributed by atoms with Crippen molar-refractivity contribution in [1.29, 1.82) is 0 Å². The fraction of sp³-hybridized carbons (Fsp3) is 0.400. The molecule has 0 unspecified atom stereocenters. The lowest BCUT2D eigenvalue weighted by molar-refractivity contribution is 0.345. The van der Waals surface area contributed by atoms with E-state index < -0.39 is 0 Å². The molecule has 0 amide bonds. The maximum Gasteiger partial charge on any atom is 0.250 e. The van der Waals surface area contributed by atoms with Crippen LogP contribution in [0.5, 0.6) is 0 Å². The van der Waals surface area contributed by atoms with Gasteiger partial charge in [0.2, 0.25) is 5.56 Å². The summed E-state index contributed by atoms with van der Waals surface area (Å²) in [7, 11) is 1.82. The third-order valence-electron chi connectivity index (χ3n) is 5.43. The number of aryl methyl sites for hydroxylation is 1. The lowest BCUT2D eigenvalue weighted by Crippen LogP contribution is -2.29. The molecule has 1 aliphatic heterocycles. The van der Waals surface area contributed by atoms with Gasteiger partial charge in [0.05, 0.1) is 11.6 Å². The molecule has 1 aliphatic rings. The quantitative estimate of drug-likeness (QED) is 0.783. The molecule has 0 aliphatic carbocycles. The average Bonchev–Trinajstić information content (AvgIpc) is 3.05. The van der Waals surface area contributed by atoms with Crippen LogP contribution in [0.4, 0.5) is 0 Å². The van der Waals surface area contributed by atoms with Gasteiger partial charge in [-0.15, -0.1) is 0 Å². The lowest BCUT2D eigenvalue weighted by Gasteiger charge is -2.22. The van der Waals surface area contributed by atoms with Gasteiger partial charge in [-0.1, -0.05) is 0 Å². The second-order valence-electron chi connectivity index (χ2n) is 7.05. The highest BCUT2D eigenvalue weighted by Crippen LogP contribution is 2.30. The van der Waals surface area contributed by atoms with E-state index in [1.165, 1.54) is 10.9 Å². The molecular formula is C20H24N4O. The Hall–Kier alpha value is -2.40. The molecule has 5 heteroatoms. The number of hydrogen-bond donors (Lipinski definition) is 1. The van der Waals surface area contributed by atoms with Crippen molar-refractivity contribution < 1.29 is 0 Å². The van der Waals surface area contributed by atoms with Gasteiger partial charge in [-0.3, -0.25) is 9.48 Å². The molecular weight excluding hydrogens is 312 g/mol. The van der Waals surface area contributed by atoms with Crippen LogP contribution < -0.4 is 10.9 Å². The van der Waals surface area contributed by atoms with E-state index in [9.17, 15) is 4.79 Å². The largest absolute Gasteiger partial charge is 0.317 e. The second kappa shape index (κ2) is 6.15. The summed E-state index contributed by atoms with van der Waals surface area (Å²) >= 11 is 0. The summed E-state index contributed by atoms with van der Waals surface area (Å²) in [5.41, 5.74) is 5.50. The first kappa shape index (κ1) is 16.1. The summed E-state index contributed by atoms with van der Waals surface area (Å²) in [6.07, 6.45) is 4.43. The van der Waals surface area contributed by atoms with Gasteiger partial charge < -0.3 is 9.88 Å².